The maximum Gasteiger partial charge on any atom is 0.270 e. The van der Waals surface area contributed by atoms with Gasteiger partial charge in [-0.05, 0) is 29.2 Å². The number of carbonyl (C=O) groups is 1. The summed E-state index contributed by atoms with van der Waals surface area (Å²) in [7, 11) is -3.67. The Bertz CT molecular complexity index is 1100. The Hall–Kier alpha value is -2.49. The highest BCUT2D eigenvalue weighted by Gasteiger charge is 2.31. The van der Waals surface area contributed by atoms with Crippen LogP contribution in [0.2, 0.25) is 5.02 Å². The van der Waals surface area contributed by atoms with Gasteiger partial charge in [0.2, 0.25) is 10.0 Å². The summed E-state index contributed by atoms with van der Waals surface area (Å²) in [6, 6.07) is 10.6. The quantitative estimate of drug-likeness (QED) is 0.506. The number of rotatable bonds is 4. The van der Waals surface area contributed by atoms with E-state index in [2.05, 4.69) is 20.8 Å². The van der Waals surface area contributed by atoms with Crippen molar-refractivity contribution in [3.05, 3.63) is 68.7 Å². The number of hydrogen-bond acceptors (Lipinski definition) is 5. The summed E-state index contributed by atoms with van der Waals surface area (Å²) < 4.78 is 27.3. The molecule has 0 bridgehead atoms. The first kappa shape index (κ1) is 23.2. The predicted molar refractivity (Wildman–Crippen MR) is 118 cm³/mol. The molecule has 8 nitrogen and oxygen atoms in total. The molecule has 0 atom stereocenters. The summed E-state index contributed by atoms with van der Waals surface area (Å²) in [4.78, 5) is 24.7. The molecule has 2 aromatic rings. The van der Waals surface area contributed by atoms with Crippen LogP contribution in [-0.4, -0.2) is 54.6 Å². The summed E-state index contributed by atoms with van der Waals surface area (Å²) in [5.41, 5.74) is 0.922. The lowest BCUT2D eigenvalue weighted by Gasteiger charge is -2.34. The summed E-state index contributed by atoms with van der Waals surface area (Å²) >= 11 is 6.06. The molecule has 0 spiro atoms. The highest BCUT2D eigenvalue weighted by Crippen LogP contribution is 2.27. The van der Waals surface area contributed by atoms with Gasteiger partial charge in [0.15, 0.2) is 0 Å². The van der Waals surface area contributed by atoms with E-state index in [9.17, 15) is 23.3 Å². The molecule has 1 amide bonds. The average Bonchev–Trinajstić information content (AvgIpc) is 2.72. The van der Waals surface area contributed by atoms with Crippen molar-refractivity contribution in [3.8, 4) is 0 Å². The zero-order chi connectivity index (χ0) is 23.0. The largest absolute Gasteiger partial charge is 0.336 e. The molecular formula is C21H24ClN3O5S. The molecule has 166 valence electrons. The van der Waals surface area contributed by atoms with Crippen LogP contribution in [0.25, 0.3) is 0 Å². The van der Waals surface area contributed by atoms with Crippen LogP contribution in [-0.2, 0) is 15.4 Å². The van der Waals surface area contributed by atoms with Crippen molar-refractivity contribution in [1.82, 2.24) is 9.21 Å². The van der Waals surface area contributed by atoms with E-state index < -0.39 is 14.9 Å². The van der Waals surface area contributed by atoms with Crippen molar-refractivity contribution in [2.24, 2.45) is 0 Å². The summed E-state index contributed by atoms with van der Waals surface area (Å²) in [5.74, 6) is -0.383. The highest BCUT2D eigenvalue weighted by atomic mass is 35.5. The van der Waals surface area contributed by atoms with Crippen molar-refractivity contribution in [3.63, 3.8) is 0 Å². The third-order valence-corrected chi connectivity index (χ3v) is 7.50. The van der Waals surface area contributed by atoms with E-state index in [1.54, 1.807) is 12.1 Å². The van der Waals surface area contributed by atoms with Crippen molar-refractivity contribution in [2.75, 3.05) is 26.2 Å². The van der Waals surface area contributed by atoms with E-state index in [0.29, 0.717) is 0 Å². The van der Waals surface area contributed by atoms with Crippen LogP contribution in [0, 0.1) is 10.1 Å². The molecular weight excluding hydrogens is 442 g/mol. The number of benzene rings is 2. The number of piperazine rings is 1. The second-order valence-corrected chi connectivity index (χ2v) is 10.7. The number of halogens is 1. The Morgan fingerprint density at radius 3 is 2.10 bits per heavy atom. The molecule has 1 aliphatic heterocycles. The minimum absolute atomic E-state index is 0.00631. The zero-order valence-corrected chi connectivity index (χ0v) is 19.1. The minimum Gasteiger partial charge on any atom is -0.336 e. The van der Waals surface area contributed by atoms with Gasteiger partial charge in [0.1, 0.15) is 0 Å². The maximum absolute atomic E-state index is 13.0. The fourth-order valence-electron chi connectivity index (χ4n) is 3.37. The van der Waals surface area contributed by atoms with E-state index in [1.807, 2.05) is 12.1 Å². The van der Waals surface area contributed by atoms with Gasteiger partial charge in [0, 0.05) is 38.3 Å². The second kappa shape index (κ2) is 8.57. The molecule has 0 N–H and O–H groups in total. The third kappa shape index (κ3) is 4.89. The first-order valence-corrected chi connectivity index (χ1v) is 11.6. The van der Waals surface area contributed by atoms with Crippen molar-refractivity contribution in [1.29, 1.82) is 0 Å². The van der Waals surface area contributed by atoms with Crippen LogP contribution in [0.5, 0.6) is 0 Å². The molecule has 2 aromatic carbocycles. The van der Waals surface area contributed by atoms with Gasteiger partial charge >= 0.3 is 0 Å². The highest BCUT2D eigenvalue weighted by molar-refractivity contribution is 7.89. The molecule has 0 unspecified atom stereocenters. The van der Waals surface area contributed by atoms with Gasteiger partial charge < -0.3 is 4.90 Å². The Labute approximate surface area is 186 Å². The van der Waals surface area contributed by atoms with E-state index in [1.165, 1.54) is 21.3 Å². The van der Waals surface area contributed by atoms with Crippen LogP contribution in [0.1, 0.15) is 36.7 Å². The molecule has 0 radical (unpaired) electrons. The molecule has 1 heterocycles. The topological polar surface area (TPSA) is 101 Å². The van der Waals surface area contributed by atoms with Gasteiger partial charge in [0.25, 0.3) is 11.6 Å². The van der Waals surface area contributed by atoms with Gasteiger partial charge in [-0.3, -0.25) is 14.9 Å². The van der Waals surface area contributed by atoms with Crippen molar-refractivity contribution in [2.45, 2.75) is 31.1 Å². The first-order valence-electron chi connectivity index (χ1n) is 9.75. The molecule has 1 saturated heterocycles. The van der Waals surface area contributed by atoms with Crippen molar-refractivity contribution >= 4 is 33.2 Å². The molecule has 0 aliphatic carbocycles. The summed E-state index contributed by atoms with van der Waals surface area (Å²) in [5, 5.41) is 10.8. The van der Waals surface area contributed by atoms with Gasteiger partial charge in [0.05, 0.1) is 20.4 Å². The number of nitro benzene ring substituents is 1. The predicted octanol–water partition coefficient (Wildman–Crippen LogP) is 3.69. The van der Waals surface area contributed by atoms with Gasteiger partial charge in [-0.2, -0.15) is 4.31 Å². The van der Waals surface area contributed by atoms with Gasteiger partial charge in [-0.1, -0.05) is 44.5 Å². The summed E-state index contributed by atoms with van der Waals surface area (Å²) in [6.45, 7) is 6.88. The minimum atomic E-state index is -3.67. The van der Waals surface area contributed by atoms with Gasteiger partial charge in [-0.25, -0.2) is 8.42 Å². The van der Waals surface area contributed by atoms with E-state index in [4.69, 9.17) is 11.6 Å². The maximum atomic E-state index is 13.0. The number of amides is 1. The SMILES string of the molecule is CC(C)(C)c1ccc(S(=O)(=O)N2CCN(C(=O)c3ccc([N+](=O)[O-])cc3Cl)CC2)cc1. The lowest BCUT2D eigenvalue weighted by molar-refractivity contribution is -0.384. The molecule has 10 heteroatoms. The second-order valence-electron chi connectivity index (χ2n) is 8.39. The normalized spacial score (nSPS) is 15.7. The molecule has 3 rings (SSSR count). The fraction of sp³-hybridized carbons (Fsp3) is 0.381. The van der Waals surface area contributed by atoms with E-state index in [-0.39, 0.29) is 58.7 Å². The van der Waals surface area contributed by atoms with Crippen molar-refractivity contribution < 1.29 is 18.1 Å². The fourth-order valence-corrected chi connectivity index (χ4v) is 5.05. The first-order chi connectivity index (χ1) is 14.4. The number of carbonyl (C=O) groups excluding carboxylic acids is 1. The smallest absolute Gasteiger partial charge is 0.270 e. The Balaban J connectivity index is 1.70. The Morgan fingerprint density at radius 1 is 1.03 bits per heavy atom. The Kier molecular flexibility index (Phi) is 6.40. The van der Waals surface area contributed by atoms with Gasteiger partial charge in [-0.15, -0.1) is 0 Å². The lowest BCUT2D eigenvalue weighted by Crippen LogP contribution is -2.50. The number of nitro groups is 1. The van der Waals surface area contributed by atoms with Crippen LogP contribution >= 0.6 is 11.6 Å². The third-order valence-electron chi connectivity index (χ3n) is 5.28. The number of hydrogen-bond donors (Lipinski definition) is 0. The number of sulfonamides is 1. The number of nitrogens with zero attached hydrogens (tertiary/aromatic N) is 3. The lowest BCUT2D eigenvalue weighted by atomic mass is 9.87. The van der Waals surface area contributed by atoms with Crippen LogP contribution in [0.15, 0.2) is 47.4 Å². The molecule has 0 saturated carbocycles. The molecule has 1 aliphatic rings. The van der Waals surface area contributed by atoms with Crippen LogP contribution in [0.4, 0.5) is 5.69 Å². The van der Waals surface area contributed by atoms with E-state index >= 15 is 0 Å². The Morgan fingerprint density at radius 2 is 1.61 bits per heavy atom. The monoisotopic (exact) mass is 465 g/mol. The van der Waals surface area contributed by atoms with Crippen LogP contribution in [0.3, 0.4) is 0 Å². The molecule has 1 fully saturated rings. The molecule has 0 aromatic heterocycles. The zero-order valence-electron chi connectivity index (χ0n) is 17.5. The molecule has 31 heavy (non-hydrogen) atoms. The standard InChI is InChI=1S/C21H24ClN3O5S/c1-21(2,3)15-4-7-17(8-5-15)31(29,30)24-12-10-23(11-13-24)20(26)18-9-6-16(25(27)28)14-19(18)22/h4-9,14H,10-13H2,1-3H3. The van der Waals surface area contributed by atoms with E-state index in [0.717, 1.165) is 11.6 Å². The van der Waals surface area contributed by atoms with Crippen LogP contribution < -0.4 is 0 Å². The number of non-ortho nitro benzene ring substituents is 1. The average molecular weight is 466 g/mol. The summed E-state index contributed by atoms with van der Waals surface area (Å²) in [6.07, 6.45) is 0.